The summed E-state index contributed by atoms with van der Waals surface area (Å²) in [5.41, 5.74) is 0.595. The molecule has 1 N–H and O–H groups in total. The fourth-order valence-corrected chi connectivity index (χ4v) is 2.12. The van der Waals surface area contributed by atoms with Crippen LogP contribution in [0.5, 0.6) is 11.5 Å². The minimum atomic E-state index is 0.197. The zero-order valence-electron chi connectivity index (χ0n) is 10.6. The number of hydrogen-bond acceptors (Lipinski definition) is 4. The molecule has 18 heavy (non-hydrogen) atoms. The number of ether oxygens (including phenoxy) is 2. The molecule has 0 bridgehead atoms. The first-order valence-electron chi connectivity index (χ1n) is 6.29. The second-order valence-corrected chi connectivity index (χ2v) is 4.40. The summed E-state index contributed by atoms with van der Waals surface area (Å²) in [5, 5.41) is 12.3. The molecule has 1 heterocycles. The molecule has 1 aliphatic rings. The highest BCUT2D eigenvalue weighted by Crippen LogP contribution is 2.30. The predicted octanol–water partition coefficient (Wildman–Crippen LogP) is 2.09. The molecule has 96 valence electrons. The Kier molecular flexibility index (Phi) is 4.43. The van der Waals surface area contributed by atoms with E-state index in [0.29, 0.717) is 17.1 Å². The average molecular weight is 246 g/mol. The van der Waals surface area contributed by atoms with Crippen LogP contribution in [0.3, 0.4) is 0 Å². The fraction of sp³-hybridized carbons (Fsp3) is 0.500. The van der Waals surface area contributed by atoms with Gasteiger partial charge < -0.3 is 14.8 Å². The zero-order chi connectivity index (χ0) is 12.8. The van der Waals surface area contributed by atoms with Crippen molar-refractivity contribution in [2.75, 3.05) is 20.2 Å². The Hall–Kier alpha value is -1.73. The lowest BCUT2D eigenvalue weighted by atomic mass is 10.1. The summed E-state index contributed by atoms with van der Waals surface area (Å²) in [7, 11) is 1.61. The van der Waals surface area contributed by atoms with Gasteiger partial charge in [-0.05, 0) is 44.5 Å². The van der Waals surface area contributed by atoms with E-state index in [-0.39, 0.29) is 6.10 Å². The van der Waals surface area contributed by atoms with Crippen LogP contribution in [0.4, 0.5) is 0 Å². The molecule has 4 nitrogen and oxygen atoms in total. The third-order valence-corrected chi connectivity index (χ3v) is 3.11. The molecule has 2 rings (SSSR count). The number of hydrogen-bond donors (Lipinski definition) is 1. The summed E-state index contributed by atoms with van der Waals surface area (Å²) in [5.74, 6) is 1.36. The highest BCUT2D eigenvalue weighted by Gasteiger charge is 2.16. The molecule has 1 fully saturated rings. The summed E-state index contributed by atoms with van der Waals surface area (Å²) in [6.07, 6.45) is 3.33. The molecule has 1 aromatic rings. The van der Waals surface area contributed by atoms with Gasteiger partial charge in [0.1, 0.15) is 6.10 Å². The predicted molar refractivity (Wildman–Crippen MR) is 68.8 cm³/mol. The van der Waals surface area contributed by atoms with Gasteiger partial charge in [0, 0.05) is 6.07 Å². The molecular weight excluding hydrogens is 228 g/mol. The van der Waals surface area contributed by atoms with Crippen LogP contribution in [0.1, 0.15) is 24.8 Å². The first-order chi connectivity index (χ1) is 8.83. The van der Waals surface area contributed by atoms with Crippen molar-refractivity contribution >= 4 is 0 Å². The van der Waals surface area contributed by atoms with Crippen LogP contribution in [0.25, 0.3) is 0 Å². The summed E-state index contributed by atoms with van der Waals surface area (Å²) in [4.78, 5) is 0. The topological polar surface area (TPSA) is 54.3 Å². The molecule has 0 spiro atoms. The zero-order valence-corrected chi connectivity index (χ0v) is 10.6. The van der Waals surface area contributed by atoms with Crippen molar-refractivity contribution in [1.82, 2.24) is 5.32 Å². The van der Waals surface area contributed by atoms with Gasteiger partial charge in [-0.15, -0.1) is 0 Å². The first kappa shape index (κ1) is 12.7. The van der Waals surface area contributed by atoms with Gasteiger partial charge in [0.2, 0.25) is 0 Å². The van der Waals surface area contributed by atoms with Crippen molar-refractivity contribution in [1.29, 1.82) is 5.26 Å². The van der Waals surface area contributed by atoms with E-state index >= 15 is 0 Å². The highest BCUT2D eigenvalue weighted by atomic mass is 16.5. The van der Waals surface area contributed by atoms with Crippen molar-refractivity contribution in [3.8, 4) is 17.6 Å². The third kappa shape index (κ3) is 3.14. The molecule has 0 aliphatic carbocycles. The average Bonchev–Trinajstić information content (AvgIpc) is 2.67. The number of rotatable bonds is 3. The van der Waals surface area contributed by atoms with Gasteiger partial charge in [-0.3, -0.25) is 0 Å². The number of methoxy groups -OCH3 is 1. The summed E-state index contributed by atoms with van der Waals surface area (Å²) in [6, 6.07) is 7.38. The maximum atomic E-state index is 8.92. The van der Waals surface area contributed by atoms with E-state index < -0.39 is 0 Å². The van der Waals surface area contributed by atoms with Crippen molar-refractivity contribution in [2.45, 2.75) is 25.4 Å². The maximum absolute atomic E-state index is 8.92. The Balaban J connectivity index is 2.13. The highest BCUT2D eigenvalue weighted by molar-refractivity contribution is 5.46. The largest absolute Gasteiger partial charge is 0.493 e. The summed E-state index contributed by atoms with van der Waals surface area (Å²) >= 11 is 0. The summed E-state index contributed by atoms with van der Waals surface area (Å²) in [6.45, 7) is 2.03. The van der Waals surface area contributed by atoms with E-state index in [1.54, 1.807) is 25.3 Å². The van der Waals surface area contributed by atoms with E-state index in [4.69, 9.17) is 14.7 Å². The molecule has 1 aliphatic heterocycles. The SMILES string of the molecule is COc1ccc(C#N)cc1OC1CCCNCC1. The van der Waals surface area contributed by atoms with Crippen LogP contribution in [0, 0.1) is 11.3 Å². The second-order valence-electron chi connectivity index (χ2n) is 4.40. The van der Waals surface area contributed by atoms with E-state index in [0.717, 1.165) is 32.4 Å². The standard InChI is InChI=1S/C14H18N2O2/c1-17-13-5-4-11(10-15)9-14(13)18-12-3-2-7-16-8-6-12/h4-5,9,12,16H,2-3,6-8H2,1H3. The molecule has 0 saturated carbocycles. The Bertz CT molecular complexity index is 432. The molecular formula is C14H18N2O2. The lowest BCUT2D eigenvalue weighted by Crippen LogP contribution is -2.19. The van der Waals surface area contributed by atoms with Gasteiger partial charge in [-0.2, -0.15) is 5.26 Å². The van der Waals surface area contributed by atoms with Gasteiger partial charge in [0.05, 0.1) is 18.7 Å². The van der Waals surface area contributed by atoms with E-state index in [1.165, 1.54) is 0 Å². The Labute approximate surface area is 108 Å². The van der Waals surface area contributed by atoms with Crippen LogP contribution in [0.15, 0.2) is 18.2 Å². The number of benzene rings is 1. The second kappa shape index (κ2) is 6.27. The molecule has 1 saturated heterocycles. The van der Waals surface area contributed by atoms with Gasteiger partial charge in [0.25, 0.3) is 0 Å². The first-order valence-corrected chi connectivity index (χ1v) is 6.29. The molecule has 1 atom stereocenters. The van der Waals surface area contributed by atoms with Crippen molar-refractivity contribution < 1.29 is 9.47 Å². The smallest absolute Gasteiger partial charge is 0.162 e. The number of nitrogens with one attached hydrogen (secondary N) is 1. The Morgan fingerprint density at radius 2 is 2.17 bits per heavy atom. The van der Waals surface area contributed by atoms with Gasteiger partial charge >= 0.3 is 0 Å². The summed E-state index contributed by atoms with van der Waals surface area (Å²) < 4.78 is 11.3. The number of nitriles is 1. The molecule has 1 aromatic carbocycles. The van der Waals surface area contributed by atoms with Crippen LogP contribution in [0.2, 0.25) is 0 Å². The van der Waals surface area contributed by atoms with Crippen molar-refractivity contribution in [2.24, 2.45) is 0 Å². The van der Waals surface area contributed by atoms with Crippen molar-refractivity contribution in [3.05, 3.63) is 23.8 Å². The van der Waals surface area contributed by atoms with E-state index in [1.807, 2.05) is 0 Å². The Morgan fingerprint density at radius 1 is 1.28 bits per heavy atom. The van der Waals surface area contributed by atoms with Crippen LogP contribution in [-0.4, -0.2) is 26.3 Å². The fourth-order valence-electron chi connectivity index (χ4n) is 2.12. The molecule has 1 unspecified atom stereocenters. The number of nitrogens with zero attached hydrogens (tertiary/aromatic N) is 1. The van der Waals surface area contributed by atoms with Crippen molar-refractivity contribution in [3.63, 3.8) is 0 Å². The molecule has 4 heteroatoms. The molecule has 0 amide bonds. The molecule has 0 aromatic heterocycles. The Morgan fingerprint density at radius 3 is 2.94 bits per heavy atom. The van der Waals surface area contributed by atoms with Gasteiger partial charge in [-0.1, -0.05) is 0 Å². The maximum Gasteiger partial charge on any atom is 0.162 e. The van der Waals surface area contributed by atoms with Gasteiger partial charge in [-0.25, -0.2) is 0 Å². The monoisotopic (exact) mass is 246 g/mol. The van der Waals surface area contributed by atoms with E-state index in [9.17, 15) is 0 Å². The minimum Gasteiger partial charge on any atom is -0.493 e. The van der Waals surface area contributed by atoms with Crippen LogP contribution >= 0.6 is 0 Å². The van der Waals surface area contributed by atoms with Crippen LogP contribution < -0.4 is 14.8 Å². The lowest BCUT2D eigenvalue weighted by Gasteiger charge is -2.18. The third-order valence-electron chi connectivity index (χ3n) is 3.11. The minimum absolute atomic E-state index is 0.197. The van der Waals surface area contributed by atoms with E-state index in [2.05, 4.69) is 11.4 Å². The normalized spacial score (nSPS) is 19.7. The van der Waals surface area contributed by atoms with Crippen LogP contribution in [-0.2, 0) is 0 Å². The van der Waals surface area contributed by atoms with Gasteiger partial charge in [0.15, 0.2) is 11.5 Å². The quantitative estimate of drug-likeness (QED) is 0.887. The lowest BCUT2D eigenvalue weighted by molar-refractivity contribution is 0.180. The molecule has 0 radical (unpaired) electrons.